The molecule has 0 fully saturated rings. The van der Waals surface area contributed by atoms with Gasteiger partial charge in [-0.15, -0.1) is 0 Å². The quantitative estimate of drug-likeness (QED) is 0.518. The maximum atomic E-state index is 13.1. The van der Waals surface area contributed by atoms with Crippen molar-refractivity contribution in [2.45, 2.75) is 0 Å². The third kappa shape index (κ3) is 3.74. The Kier molecular flexibility index (Phi) is 5.09. The smallest absolute Gasteiger partial charge is 0.274 e. The van der Waals surface area contributed by atoms with Crippen LogP contribution >= 0.6 is 0 Å². The first kappa shape index (κ1) is 18.5. The fraction of sp³-hybridized carbons (Fsp3) is 0.0435. The molecule has 3 aromatic rings. The molecule has 2 amide bonds. The molecule has 0 aliphatic carbocycles. The fourth-order valence-electron chi connectivity index (χ4n) is 3.16. The third-order valence-corrected chi connectivity index (χ3v) is 4.61. The maximum absolute atomic E-state index is 13.1. The van der Waals surface area contributed by atoms with Crippen LogP contribution in [0, 0.1) is 0 Å². The van der Waals surface area contributed by atoms with Gasteiger partial charge in [0.1, 0.15) is 5.75 Å². The van der Waals surface area contributed by atoms with Gasteiger partial charge in [-0.05, 0) is 42.0 Å². The van der Waals surface area contributed by atoms with Crippen molar-refractivity contribution in [3.63, 3.8) is 0 Å². The first-order chi connectivity index (χ1) is 14.2. The predicted octanol–water partition coefficient (Wildman–Crippen LogP) is 4.27. The van der Waals surface area contributed by atoms with Crippen molar-refractivity contribution < 1.29 is 19.5 Å². The summed E-state index contributed by atoms with van der Waals surface area (Å²) in [5, 5.41) is 8.68. The number of fused-ring (bicyclic) bond motifs is 2. The van der Waals surface area contributed by atoms with Crippen LogP contribution in [-0.4, -0.2) is 23.6 Å². The lowest BCUT2D eigenvalue weighted by molar-refractivity contribution is 0.0706. The van der Waals surface area contributed by atoms with E-state index in [1.54, 1.807) is 46.8 Å². The van der Waals surface area contributed by atoms with E-state index in [1.165, 1.54) is 0 Å². The van der Waals surface area contributed by atoms with Crippen molar-refractivity contribution in [2.24, 2.45) is 0 Å². The Hall–Kier alpha value is -3.90. The Balaban J connectivity index is 1.59. The summed E-state index contributed by atoms with van der Waals surface area (Å²) in [6.07, 6.45) is 3.75. The predicted molar refractivity (Wildman–Crippen MR) is 109 cm³/mol. The molecule has 0 radical (unpaired) electrons. The lowest BCUT2D eigenvalue weighted by Gasteiger charge is -2.20. The van der Waals surface area contributed by atoms with Crippen LogP contribution in [0.2, 0.25) is 0 Å². The zero-order valence-corrected chi connectivity index (χ0v) is 15.4. The van der Waals surface area contributed by atoms with Crippen LogP contribution in [0.15, 0.2) is 78.9 Å². The van der Waals surface area contributed by atoms with Crippen molar-refractivity contribution in [3.05, 3.63) is 95.6 Å². The van der Waals surface area contributed by atoms with Gasteiger partial charge in [0.05, 0.1) is 11.3 Å². The molecule has 0 bridgehead atoms. The number of hydroxylamine groups is 1. The average molecular weight is 386 g/mol. The van der Waals surface area contributed by atoms with Gasteiger partial charge in [0.2, 0.25) is 0 Å². The lowest BCUT2D eigenvalue weighted by Crippen LogP contribution is -2.30. The Morgan fingerprint density at radius 2 is 1.66 bits per heavy atom. The van der Waals surface area contributed by atoms with Gasteiger partial charge in [-0.2, -0.15) is 0 Å². The van der Waals surface area contributed by atoms with Crippen molar-refractivity contribution in [1.29, 1.82) is 0 Å². The van der Waals surface area contributed by atoms with Crippen molar-refractivity contribution in [2.75, 3.05) is 11.4 Å². The van der Waals surface area contributed by atoms with E-state index < -0.39 is 5.91 Å². The number of nitrogens with one attached hydrogen (secondary N) is 1. The number of nitrogens with zero attached hydrogens (tertiary/aromatic N) is 1. The van der Waals surface area contributed by atoms with Crippen LogP contribution < -0.4 is 15.1 Å². The molecule has 0 atom stereocenters. The average Bonchev–Trinajstić information content (AvgIpc) is 2.88. The summed E-state index contributed by atoms with van der Waals surface area (Å²) < 4.78 is 5.97. The molecule has 0 unspecified atom stereocenters. The summed E-state index contributed by atoms with van der Waals surface area (Å²) in [6, 6.07) is 21.4. The van der Waals surface area contributed by atoms with Crippen molar-refractivity contribution in [1.82, 2.24) is 5.48 Å². The number of carbonyl (C=O) groups is 2. The molecule has 1 heterocycles. The standard InChI is InChI=1S/C23H18N2O4/c26-22(24-28)17-13-11-16(12-14-17)6-5-15-25-19-8-2-4-10-21(19)29-20-9-3-1-7-18(20)23(25)27/h1-14,28H,15H2,(H,24,26). The number of ether oxygens (including phenoxy) is 1. The molecule has 6 nitrogen and oxygen atoms in total. The number of amides is 2. The summed E-state index contributed by atoms with van der Waals surface area (Å²) in [5.41, 5.74) is 4.04. The highest BCUT2D eigenvalue weighted by atomic mass is 16.5. The Morgan fingerprint density at radius 3 is 2.41 bits per heavy atom. The zero-order chi connectivity index (χ0) is 20.2. The van der Waals surface area contributed by atoms with Gasteiger partial charge in [0.25, 0.3) is 11.8 Å². The number of benzene rings is 3. The number of hydrogen-bond donors (Lipinski definition) is 2. The van der Waals surface area contributed by atoms with Crippen molar-refractivity contribution in [3.8, 4) is 11.5 Å². The molecule has 29 heavy (non-hydrogen) atoms. The fourth-order valence-corrected chi connectivity index (χ4v) is 3.16. The van der Waals surface area contributed by atoms with Crippen molar-refractivity contribution >= 4 is 23.6 Å². The molecule has 0 aromatic heterocycles. The van der Waals surface area contributed by atoms with Gasteiger partial charge in [-0.25, -0.2) is 5.48 Å². The molecule has 0 saturated carbocycles. The number of para-hydroxylation sites is 3. The lowest BCUT2D eigenvalue weighted by atomic mass is 10.1. The molecule has 6 heteroatoms. The largest absolute Gasteiger partial charge is 0.454 e. The highest BCUT2D eigenvalue weighted by Gasteiger charge is 2.26. The van der Waals surface area contributed by atoms with E-state index in [4.69, 9.17) is 9.94 Å². The molecule has 1 aliphatic heterocycles. The van der Waals surface area contributed by atoms with Crippen LogP contribution in [0.1, 0.15) is 26.3 Å². The van der Waals surface area contributed by atoms with Gasteiger partial charge < -0.3 is 9.64 Å². The molecule has 0 spiro atoms. The molecule has 1 aliphatic rings. The SMILES string of the molecule is O=C(NO)c1ccc(C=CCN2C(=O)c3ccccc3Oc3ccccc32)cc1. The first-order valence-corrected chi connectivity index (χ1v) is 9.06. The molecular weight excluding hydrogens is 368 g/mol. The highest BCUT2D eigenvalue weighted by Crippen LogP contribution is 2.38. The van der Waals surface area contributed by atoms with Gasteiger partial charge in [-0.1, -0.05) is 48.6 Å². The van der Waals surface area contributed by atoms with Crippen LogP contribution in [0.5, 0.6) is 11.5 Å². The third-order valence-electron chi connectivity index (χ3n) is 4.61. The zero-order valence-electron chi connectivity index (χ0n) is 15.4. The second-order valence-electron chi connectivity index (χ2n) is 6.45. The molecular formula is C23H18N2O4. The summed E-state index contributed by atoms with van der Waals surface area (Å²) in [4.78, 5) is 26.2. The van der Waals surface area contributed by atoms with Gasteiger partial charge in [0, 0.05) is 12.1 Å². The molecule has 0 saturated heterocycles. The number of hydrogen-bond acceptors (Lipinski definition) is 4. The normalized spacial score (nSPS) is 12.7. The highest BCUT2D eigenvalue weighted by molar-refractivity contribution is 6.09. The second-order valence-corrected chi connectivity index (χ2v) is 6.45. The Bertz CT molecular complexity index is 1090. The number of anilines is 1. The van der Waals surface area contributed by atoms with Crippen LogP contribution in [-0.2, 0) is 0 Å². The van der Waals surface area contributed by atoms with E-state index >= 15 is 0 Å². The Labute approximate surface area is 167 Å². The van der Waals surface area contributed by atoms with Crippen LogP contribution in [0.25, 0.3) is 6.08 Å². The van der Waals surface area contributed by atoms with E-state index in [0.29, 0.717) is 34.9 Å². The first-order valence-electron chi connectivity index (χ1n) is 9.06. The Morgan fingerprint density at radius 1 is 0.966 bits per heavy atom. The molecule has 144 valence electrons. The van der Waals surface area contributed by atoms with Gasteiger partial charge in [0.15, 0.2) is 5.75 Å². The second kappa shape index (κ2) is 8.00. The van der Waals surface area contributed by atoms with Crippen LogP contribution in [0.4, 0.5) is 5.69 Å². The molecule has 2 N–H and O–H groups in total. The molecule has 4 rings (SSSR count). The minimum absolute atomic E-state index is 0.134. The maximum Gasteiger partial charge on any atom is 0.274 e. The van der Waals surface area contributed by atoms with E-state index in [0.717, 1.165) is 5.56 Å². The minimum atomic E-state index is -0.564. The number of rotatable bonds is 4. The minimum Gasteiger partial charge on any atom is -0.454 e. The summed E-state index contributed by atoms with van der Waals surface area (Å²) >= 11 is 0. The van der Waals surface area contributed by atoms with Gasteiger partial charge >= 0.3 is 0 Å². The monoisotopic (exact) mass is 386 g/mol. The topological polar surface area (TPSA) is 78.9 Å². The van der Waals surface area contributed by atoms with Gasteiger partial charge in [-0.3, -0.25) is 14.8 Å². The van der Waals surface area contributed by atoms with E-state index in [9.17, 15) is 9.59 Å². The van der Waals surface area contributed by atoms with E-state index in [2.05, 4.69) is 0 Å². The van der Waals surface area contributed by atoms with E-state index in [-0.39, 0.29) is 5.91 Å². The summed E-state index contributed by atoms with van der Waals surface area (Å²) in [5.74, 6) is 0.462. The summed E-state index contributed by atoms with van der Waals surface area (Å²) in [7, 11) is 0. The van der Waals surface area contributed by atoms with Crippen LogP contribution in [0.3, 0.4) is 0 Å². The summed E-state index contributed by atoms with van der Waals surface area (Å²) in [6.45, 7) is 0.354. The van der Waals surface area contributed by atoms with E-state index in [1.807, 2.05) is 48.6 Å². The molecule has 3 aromatic carbocycles. The number of carbonyl (C=O) groups excluding carboxylic acids is 2.